The molecular formula is C11H12ClN3O3. The molecule has 3 atom stereocenters. The third-order valence-electron chi connectivity index (χ3n) is 3.52. The fourth-order valence-electron chi connectivity index (χ4n) is 2.81. The summed E-state index contributed by atoms with van der Waals surface area (Å²) in [6.45, 7) is 0.612. The summed E-state index contributed by atoms with van der Waals surface area (Å²) in [5.41, 5.74) is 0. The van der Waals surface area contributed by atoms with E-state index in [9.17, 15) is 4.79 Å². The molecule has 7 heteroatoms. The van der Waals surface area contributed by atoms with Crippen LogP contribution in [0, 0.1) is 5.92 Å². The molecule has 2 aliphatic rings. The predicted molar refractivity (Wildman–Crippen MR) is 62.7 cm³/mol. The standard InChI is InChI=1S/C11H12ClN3O3/c12-7-3-13-10(14-4-7)18-9-2-6-1-8(9)15(5-6)11(16)17/h3-4,6,8-9H,1-2,5H2,(H,16,17). The maximum atomic E-state index is 11.1. The molecule has 3 unspecified atom stereocenters. The number of ether oxygens (including phenoxy) is 1. The maximum absolute atomic E-state index is 11.1. The van der Waals surface area contributed by atoms with Crippen molar-refractivity contribution in [3.8, 4) is 6.01 Å². The highest BCUT2D eigenvalue weighted by atomic mass is 35.5. The van der Waals surface area contributed by atoms with Crippen molar-refractivity contribution in [1.82, 2.24) is 14.9 Å². The second-order valence-corrected chi connectivity index (χ2v) is 5.12. The molecule has 2 bridgehead atoms. The first-order valence-electron chi connectivity index (χ1n) is 5.77. The van der Waals surface area contributed by atoms with Gasteiger partial charge in [0, 0.05) is 6.54 Å². The molecule has 2 fully saturated rings. The van der Waals surface area contributed by atoms with Crippen LogP contribution < -0.4 is 4.74 Å². The van der Waals surface area contributed by atoms with Crippen LogP contribution in [-0.4, -0.2) is 44.8 Å². The number of likely N-dealkylation sites (tertiary alicyclic amines) is 1. The van der Waals surface area contributed by atoms with Gasteiger partial charge >= 0.3 is 12.1 Å². The van der Waals surface area contributed by atoms with Crippen molar-refractivity contribution < 1.29 is 14.6 Å². The van der Waals surface area contributed by atoms with E-state index in [1.807, 2.05) is 0 Å². The van der Waals surface area contributed by atoms with E-state index in [0.717, 1.165) is 12.8 Å². The lowest BCUT2D eigenvalue weighted by atomic mass is 10.1. The van der Waals surface area contributed by atoms with Crippen molar-refractivity contribution in [3.63, 3.8) is 0 Å². The molecule has 1 N–H and O–H groups in total. The van der Waals surface area contributed by atoms with Crippen molar-refractivity contribution in [2.24, 2.45) is 5.92 Å². The number of halogens is 1. The Balaban J connectivity index is 1.71. The van der Waals surface area contributed by atoms with Crippen molar-refractivity contribution in [1.29, 1.82) is 0 Å². The minimum absolute atomic E-state index is 0.0771. The smallest absolute Gasteiger partial charge is 0.407 e. The largest absolute Gasteiger partial charge is 0.465 e. The normalized spacial score (nSPS) is 29.6. The predicted octanol–water partition coefficient (Wildman–Crippen LogP) is 1.65. The minimum atomic E-state index is -0.882. The first kappa shape index (κ1) is 11.5. The minimum Gasteiger partial charge on any atom is -0.465 e. The molecule has 1 aromatic heterocycles. The Bertz CT molecular complexity index is 467. The van der Waals surface area contributed by atoms with Crippen LogP contribution in [0.15, 0.2) is 12.4 Å². The van der Waals surface area contributed by atoms with Gasteiger partial charge in [0.25, 0.3) is 0 Å². The van der Waals surface area contributed by atoms with E-state index in [-0.39, 0.29) is 18.2 Å². The molecule has 0 radical (unpaired) electrons. The van der Waals surface area contributed by atoms with Crippen molar-refractivity contribution >= 4 is 17.7 Å². The Hall–Kier alpha value is -1.56. The Morgan fingerprint density at radius 2 is 2.17 bits per heavy atom. The molecule has 0 spiro atoms. The number of hydrogen-bond acceptors (Lipinski definition) is 4. The zero-order valence-corrected chi connectivity index (χ0v) is 10.2. The van der Waals surface area contributed by atoms with Gasteiger partial charge in [0.15, 0.2) is 0 Å². The van der Waals surface area contributed by atoms with Crippen LogP contribution in [0.2, 0.25) is 5.02 Å². The topological polar surface area (TPSA) is 75.5 Å². The summed E-state index contributed by atoms with van der Waals surface area (Å²) in [5, 5.41) is 9.52. The van der Waals surface area contributed by atoms with E-state index >= 15 is 0 Å². The summed E-state index contributed by atoms with van der Waals surface area (Å²) in [7, 11) is 0. The summed E-state index contributed by atoms with van der Waals surface area (Å²) in [4.78, 5) is 20.4. The van der Waals surface area contributed by atoms with E-state index < -0.39 is 6.09 Å². The second-order valence-electron chi connectivity index (χ2n) is 4.68. The molecule has 3 rings (SSSR count). The molecule has 18 heavy (non-hydrogen) atoms. The van der Waals surface area contributed by atoms with Gasteiger partial charge in [-0.25, -0.2) is 14.8 Å². The Morgan fingerprint density at radius 3 is 2.78 bits per heavy atom. The van der Waals surface area contributed by atoms with E-state index in [1.54, 1.807) is 0 Å². The highest BCUT2D eigenvalue weighted by Crippen LogP contribution is 2.39. The summed E-state index contributed by atoms with van der Waals surface area (Å²) < 4.78 is 5.66. The number of amides is 1. The SMILES string of the molecule is O=C(O)N1CC2CC(Oc3ncc(Cl)cn3)C1C2. The van der Waals surface area contributed by atoms with Crippen molar-refractivity contribution in [2.45, 2.75) is 25.0 Å². The lowest BCUT2D eigenvalue weighted by molar-refractivity contribution is 0.0634. The molecule has 1 aromatic rings. The monoisotopic (exact) mass is 269 g/mol. The van der Waals surface area contributed by atoms with Gasteiger partial charge in [-0.05, 0) is 18.8 Å². The number of hydrogen-bond donors (Lipinski definition) is 1. The van der Waals surface area contributed by atoms with Gasteiger partial charge in [0.2, 0.25) is 0 Å². The Kier molecular flexibility index (Phi) is 2.74. The van der Waals surface area contributed by atoms with Crippen LogP contribution in [0.3, 0.4) is 0 Å². The molecule has 1 aliphatic carbocycles. The zero-order valence-electron chi connectivity index (χ0n) is 9.49. The molecule has 1 saturated carbocycles. The molecule has 1 aliphatic heterocycles. The molecular weight excluding hydrogens is 258 g/mol. The lowest BCUT2D eigenvalue weighted by Crippen LogP contribution is -2.46. The fraction of sp³-hybridized carbons (Fsp3) is 0.545. The van der Waals surface area contributed by atoms with Gasteiger partial charge in [-0.3, -0.25) is 0 Å². The number of aromatic nitrogens is 2. The van der Waals surface area contributed by atoms with Crippen LogP contribution in [0.25, 0.3) is 0 Å². The maximum Gasteiger partial charge on any atom is 0.407 e. The number of piperidine rings is 1. The number of fused-ring (bicyclic) bond motifs is 2. The van der Waals surface area contributed by atoms with Crippen molar-refractivity contribution in [2.75, 3.05) is 6.54 Å². The van der Waals surface area contributed by atoms with Crippen molar-refractivity contribution in [3.05, 3.63) is 17.4 Å². The van der Waals surface area contributed by atoms with Crippen LogP contribution in [0.4, 0.5) is 4.79 Å². The molecule has 1 amide bonds. The number of rotatable bonds is 2. The number of nitrogens with zero attached hydrogens (tertiary/aromatic N) is 3. The Morgan fingerprint density at radius 1 is 1.44 bits per heavy atom. The first-order valence-corrected chi connectivity index (χ1v) is 6.15. The molecule has 2 heterocycles. The summed E-state index contributed by atoms with van der Waals surface area (Å²) >= 11 is 5.69. The zero-order chi connectivity index (χ0) is 12.7. The van der Waals surface area contributed by atoms with Crippen LogP contribution in [-0.2, 0) is 0 Å². The molecule has 0 aromatic carbocycles. The third kappa shape index (κ3) is 1.96. The van der Waals surface area contributed by atoms with Gasteiger partial charge in [-0.1, -0.05) is 11.6 Å². The van der Waals surface area contributed by atoms with E-state index in [2.05, 4.69) is 9.97 Å². The summed E-state index contributed by atoms with van der Waals surface area (Å²) in [6, 6.07) is 0.175. The van der Waals surface area contributed by atoms with Gasteiger partial charge in [-0.15, -0.1) is 0 Å². The molecule has 1 saturated heterocycles. The quantitative estimate of drug-likeness (QED) is 0.883. The van der Waals surface area contributed by atoms with E-state index in [0.29, 0.717) is 17.5 Å². The first-order chi connectivity index (χ1) is 8.63. The number of carboxylic acid groups (broad SMARTS) is 1. The van der Waals surface area contributed by atoms with E-state index in [1.165, 1.54) is 17.3 Å². The lowest BCUT2D eigenvalue weighted by Gasteiger charge is -2.30. The van der Waals surface area contributed by atoms with Gasteiger partial charge in [0.05, 0.1) is 23.5 Å². The molecule has 6 nitrogen and oxygen atoms in total. The summed E-state index contributed by atoms with van der Waals surface area (Å²) in [6.07, 6.45) is 3.62. The second kappa shape index (κ2) is 4.28. The molecule has 96 valence electrons. The average molecular weight is 270 g/mol. The van der Waals surface area contributed by atoms with Gasteiger partial charge in [0.1, 0.15) is 6.10 Å². The van der Waals surface area contributed by atoms with Crippen LogP contribution in [0.1, 0.15) is 12.8 Å². The average Bonchev–Trinajstić information content (AvgIpc) is 2.91. The van der Waals surface area contributed by atoms with Gasteiger partial charge < -0.3 is 14.7 Å². The van der Waals surface area contributed by atoms with E-state index in [4.69, 9.17) is 21.4 Å². The van der Waals surface area contributed by atoms with Crippen LogP contribution >= 0.6 is 11.6 Å². The third-order valence-corrected chi connectivity index (χ3v) is 3.72. The fourth-order valence-corrected chi connectivity index (χ4v) is 2.91. The number of carbonyl (C=O) groups is 1. The Labute approximate surface area is 109 Å². The summed E-state index contributed by atoms with van der Waals surface area (Å²) in [5.74, 6) is 0.392. The highest BCUT2D eigenvalue weighted by Gasteiger charge is 2.48. The highest BCUT2D eigenvalue weighted by molar-refractivity contribution is 6.30. The van der Waals surface area contributed by atoms with Crippen LogP contribution in [0.5, 0.6) is 6.01 Å². The van der Waals surface area contributed by atoms with Gasteiger partial charge in [-0.2, -0.15) is 0 Å².